The fourth-order valence-corrected chi connectivity index (χ4v) is 2.02. The fraction of sp³-hybridized carbons (Fsp3) is 0.800. The predicted molar refractivity (Wildman–Crippen MR) is 76.3 cm³/mol. The van der Waals surface area contributed by atoms with Crippen molar-refractivity contribution in [3.05, 3.63) is 11.7 Å². The van der Waals surface area contributed by atoms with Gasteiger partial charge in [-0.15, -0.1) is 0 Å². The van der Waals surface area contributed by atoms with Gasteiger partial charge < -0.3 is 9.26 Å². The van der Waals surface area contributed by atoms with E-state index in [1.54, 1.807) is 0 Å². The predicted octanol–water partition coefficient (Wildman–Crippen LogP) is 3.35. The van der Waals surface area contributed by atoms with Crippen molar-refractivity contribution in [3.8, 4) is 0 Å². The van der Waals surface area contributed by atoms with E-state index in [0.717, 1.165) is 0 Å². The van der Waals surface area contributed by atoms with Crippen LogP contribution in [0.25, 0.3) is 0 Å². The maximum atomic E-state index is 11.8. The first-order valence-corrected chi connectivity index (χ1v) is 7.19. The normalized spacial score (nSPS) is 13.8. The zero-order valence-electron chi connectivity index (χ0n) is 13.4. The molecule has 114 valence electrons. The van der Waals surface area contributed by atoms with E-state index in [2.05, 4.69) is 30.9 Å². The Bertz CT molecular complexity index is 433. The molecule has 5 nitrogen and oxygen atoms in total. The molecule has 0 spiro atoms. The number of carbonyl (C=O) groups is 1. The Morgan fingerprint density at radius 2 is 2.00 bits per heavy atom. The summed E-state index contributed by atoms with van der Waals surface area (Å²) in [6.45, 7) is 12.7. The molecule has 1 aromatic rings. The Balaban J connectivity index is 2.77. The van der Waals surface area contributed by atoms with E-state index < -0.39 is 0 Å². The van der Waals surface area contributed by atoms with Crippen LogP contribution < -0.4 is 0 Å². The molecule has 1 atom stereocenters. The number of Topliss-reactive ketones (excluding diaryl/α,β-unsaturated/α-hetero) is 1. The Labute approximate surface area is 121 Å². The molecule has 0 aliphatic heterocycles. The maximum Gasteiger partial charge on any atom is 0.234 e. The van der Waals surface area contributed by atoms with E-state index in [4.69, 9.17) is 9.26 Å². The number of aromatic nitrogens is 2. The molecule has 0 saturated heterocycles. The van der Waals surface area contributed by atoms with Crippen LogP contribution in [0.5, 0.6) is 0 Å². The summed E-state index contributed by atoms with van der Waals surface area (Å²) < 4.78 is 10.9. The minimum absolute atomic E-state index is 0.124. The fourth-order valence-electron chi connectivity index (χ4n) is 2.02. The highest BCUT2D eigenvalue weighted by Gasteiger charge is 2.31. The number of hydrogen-bond donors (Lipinski definition) is 0. The van der Waals surface area contributed by atoms with Crippen molar-refractivity contribution in [2.75, 3.05) is 6.61 Å². The molecule has 0 radical (unpaired) electrons. The van der Waals surface area contributed by atoms with E-state index in [1.165, 1.54) is 0 Å². The summed E-state index contributed by atoms with van der Waals surface area (Å²) in [6, 6.07) is 0. The van der Waals surface area contributed by atoms with Crippen LogP contribution in [0.3, 0.4) is 0 Å². The lowest BCUT2D eigenvalue weighted by Crippen LogP contribution is -2.22. The Hall–Kier alpha value is -1.23. The van der Waals surface area contributed by atoms with Gasteiger partial charge in [-0.2, -0.15) is 4.98 Å². The third-order valence-corrected chi connectivity index (χ3v) is 2.82. The van der Waals surface area contributed by atoms with Crippen molar-refractivity contribution < 1.29 is 14.1 Å². The second-order valence-corrected chi connectivity index (χ2v) is 6.56. The van der Waals surface area contributed by atoms with Gasteiger partial charge in [-0.05, 0) is 18.3 Å². The summed E-state index contributed by atoms with van der Waals surface area (Å²) in [5.41, 5.74) is -0.126. The van der Waals surface area contributed by atoms with Crippen molar-refractivity contribution >= 4 is 5.78 Å². The van der Waals surface area contributed by atoms with Crippen LogP contribution in [0.4, 0.5) is 0 Å². The number of ether oxygens (including phenoxy) is 1. The van der Waals surface area contributed by atoms with Crippen LogP contribution in [-0.4, -0.2) is 22.5 Å². The Morgan fingerprint density at radius 1 is 1.35 bits per heavy atom. The molecule has 0 fully saturated rings. The monoisotopic (exact) mass is 282 g/mol. The standard InChI is InChI=1S/C15H26N2O3/c1-7-19-13(15(4,5)6)14-16-12(20-17-14)9-11(18)8-10(2)3/h10,13H,7-9H2,1-6H3. The minimum atomic E-state index is -0.231. The molecule has 0 N–H and O–H groups in total. The zero-order chi connectivity index (χ0) is 15.3. The maximum absolute atomic E-state index is 11.8. The van der Waals surface area contributed by atoms with Gasteiger partial charge in [0, 0.05) is 13.0 Å². The zero-order valence-corrected chi connectivity index (χ0v) is 13.4. The Kier molecular flexibility index (Phi) is 5.87. The van der Waals surface area contributed by atoms with Gasteiger partial charge in [0.25, 0.3) is 0 Å². The summed E-state index contributed by atoms with van der Waals surface area (Å²) in [7, 11) is 0. The van der Waals surface area contributed by atoms with Gasteiger partial charge in [0.1, 0.15) is 11.9 Å². The van der Waals surface area contributed by atoms with E-state index >= 15 is 0 Å². The highest BCUT2D eigenvalue weighted by Crippen LogP contribution is 2.34. The molecule has 0 bridgehead atoms. The SMILES string of the molecule is CCOC(c1noc(CC(=O)CC(C)C)n1)C(C)(C)C. The smallest absolute Gasteiger partial charge is 0.234 e. The van der Waals surface area contributed by atoms with Crippen LogP contribution in [0.1, 0.15) is 65.8 Å². The number of rotatable bonds is 7. The number of carbonyl (C=O) groups excluding carboxylic acids is 1. The van der Waals surface area contributed by atoms with Crippen LogP contribution >= 0.6 is 0 Å². The number of ketones is 1. The van der Waals surface area contributed by atoms with Crippen molar-refractivity contribution in [3.63, 3.8) is 0 Å². The highest BCUT2D eigenvalue weighted by molar-refractivity contribution is 5.80. The van der Waals surface area contributed by atoms with E-state index in [0.29, 0.717) is 30.7 Å². The van der Waals surface area contributed by atoms with E-state index in [9.17, 15) is 4.79 Å². The van der Waals surface area contributed by atoms with Crippen molar-refractivity contribution in [2.45, 2.75) is 60.5 Å². The summed E-state index contributed by atoms with van der Waals surface area (Å²) >= 11 is 0. The highest BCUT2D eigenvalue weighted by atomic mass is 16.5. The quantitative estimate of drug-likeness (QED) is 0.767. The molecule has 0 aromatic carbocycles. The number of hydrogen-bond acceptors (Lipinski definition) is 5. The molecule has 0 saturated carbocycles. The van der Waals surface area contributed by atoms with Crippen molar-refractivity contribution in [2.24, 2.45) is 11.3 Å². The lowest BCUT2D eigenvalue weighted by molar-refractivity contribution is -0.119. The molecule has 0 amide bonds. The molecule has 20 heavy (non-hydrogen) atoms. The molecule has 1 aromatic heterocycles. The van der Waals surface area contributed by atoms with Crippen LogP contribution in [0.15, 0.2) is 4.52 Å². The first kappa shape index (κ1) is 16.8. The molecule has 1 heterocycles. The van der Waals surface area contributed by atoms with Gasteiger partial charge in [0.2, 0.25) is 11.7 Å². The summed E-state index contributed by atoms with van der Waals surface area (Å²) in [5.74, 6) is 1.36. The van der Waals surface area contributed by atoms with Gasteiger partial charge in [-0.1, -0.05) is 39.8 Å². The summed E-state index contributed by atoms with van der Waals surface area (Å²) in [4.78, 5) is 16.1. The molecule has 5 heteroatoms. The molecule has 0 aliphatic rings. The van der Waals surface area contributed by atoms with E-state index in [-0.39, 0.29) is 23.7 Å². The van der Waals surface area contributed by atoms with Crippen molar-refractivity contribution in [1.29, 1.82) is 0 Å². The third-order valence-electron chi connectivity index (χ3n) is 2.82. The third kappa shape index (κ3) is 5.04. The summed E-state index contributed by atoms with van der Waals surface area (Å²) in [5, 5.41) is 3.97. The second kappa shape index (κ2) is 6.97. The average molecular weight is 282 g/mol. The van der Waals surface area contributed by atoms with Crippen LogP contribution in [0, 0.1) is 11.3 Å². The molecule has 1 unspecified atom stereocenters. The Morgan fingerprint density at radius 3 is 2.50 bits per heavy atom. The number of nitrogens with zero attached hydrogens (tertiary/aromatic N) is 2. The van der Waals surface area contributed by atoms with Gasteiger partial charge in [-0.25, -0.2) is 0 Å². The van der Waals surface area contributed by atoms with Crippen LogP contribution in [0.2, 0.25) is 0 Å². The van der Waals surface area contributed by atoms with Crippen molar-refractivity contribution in [1.82, 2.24) is 10.1 Å². The molecular formula is C15H26N2O3. The largest absolute Gasteiger partial charge is 0.370 e. The molecular weight excluding hydrogens is 256 g/mol. The topological polar surface area (TPSA) is 65.2 Å². The summed E-state index contributed by atoms with van der Waals surface area (Å²) in [6.07, 6.45) is 0.505. The average Bonchev–Trinajstić information content (AvgIpc) is 2.70. The van der Waals surface area contributed by atoms with Gasteiger partial charge in [-0.3, -0.25) is 4.79 Å². The lowest BCUT2D eigenvalue weighted by Gasteiger charge is -2.27. The first-order valence-electron chi connectivity index (χ1n) is 7.19. The first-order chi connectivity index (χ1) is 9.24. The van der Waals surface area contributed by atoms with Gasteiger partial charge in [0.15, 0.2) is 0 Å². The lowest BCUT2D eigenvalue weighted by atomic mass is 9.88. The molecule has 1 rings (SSSR count). The van der Waals surface area contributed by atoms with Gasteiger partial charge in [0.05, 0.1) is 6.42 Å². The molecule has 0 aliphatic carbocycles. The van der Waals surface area contributed by atoms with E-state index in [1.807, 2.05) is 20.8 Å². The van der Waals surface area contributed by atoms with Crippen LogP contribution in [-0.2, 0) is 16.0 Å². The van der Waals surface area contributed by atoms with Gasteiger partial charge >= 0.3 is 0 Å². The minimum Gasteiger partial charge on any atom is -0.370 e. The second-order valence-electron chi connectivity index (χ2n) is 6.56.